The lowest BCUT2D eigenvalue weighted by atomic mass is 10.2. The van der Waals surface area contributed by atoms with E-state index < -0.39 is 0 Å². The number of fused-ring (bicyclic) bond motifs is 1. The molecule has 2 heteroatoms. The number of benzene rings is 1. The SMILES string of the molecule is Cc1cccc2cn[nH]c12.[HH]. The number of rotatable bonds is 0. The molecule has 0 aliphatic rings. The predicted octanol–water partition coefficient (Wildman–Crippen LogP) is 2.12. The van der Waals surface area contributed by atoms with E-state index in [4.69, 9.17) is 0 Å². The summed E-state index contributed by atoms with van der Waals surface area (Å²) < 4.78 is 0. The van der Waals surface area contributed by atoms with E-state index in [1.165, 1.54) is 10.9 Å². The number of nitrogens with zero attached hydrogens (tertiary/aromatic N) is 1. The van der Waals surface area contributed by atoms with E-state index in [0.717, 1.165) is 5.52 Å². The highest BCUT2D eigenvalue weighted by Gasteiger charge is 1.94. The highest BCUT2D eigenvalue weighted by molar-refractivity contribution is 5.80. The third kappa shape index (κ3) is 0.620. The molecule has 0 unspecified atom stereocenters. The largest absolute Gasteiger partial charge is 0.278 e. The second-order valence-electron chi connectivity index (χ2n) is 2.41. The number of aromatic amines is 1. The van der Waals surface area contributed by atoms with Crippen LogP contribution in [-0.2, 0) is 0 Å². The van der Waals surface area contributed by atoms with Crippen LogP contribution in [0.4, 0.5) is 0 Å². The number of aryl methyl sites for hydroxylation is 1. The number of aromatic nitrogens is 2. The van der Waals surface area contributed by atoms with Crippen LogP contribution in [0, 0.1) is 6.92 Å². The Morgan fingerprint density at radius 2 is 2.40 bits per heavy atom. The van der Waals surface area contributed by atoms with Crippen molar-refractivity contribution in [3.05, 3.63) is 30.0 Å². The summed E-state index contributed by atoms with van der Waals surface area (Å²) in [6.07, 6.45) is 1.84. The van der Waals surface area contributed by atoms with E-state index in [9.17, 15) is 0 Å². The van der Waals surface area contributed by atoms with Crippen LogP contribution in [0.1, 0.15) is 6.99 Å². The molecular formula is C8H10N2. The molecule has 2 rings (SSSR count). The van der Waals surface area contributed by atoms with Crippen LogP contribution in [0.5, 0.6) is 0 Å². The van der Waals surface area contributed by atoms with Gasteiger partial charge >= 0.3 is 0 Å². The Morgan fingerprint density at radius 1 is 1.50 bits per heavy atom. The zero-order valence-electron chi connectivity index (χ0n) is 5.76. The van der Waals surface area contributed by atoms with Crippen molar-refractivity contribution in [1.82, 2.24) is 10.2 Å². The summed E-state index contributed by atoms with van der Waals surface area (Å²) >= 11 is 0. The van der Waals surface area contributed by atoms with Crippen LogP contribution in [0.25, 0.3) is 10.9 Å². The molecule has 1 N–H and O–H groups in total. The van der Waals surface area contributed by atoms with Gasteiger partial charge in [0.05, 0.1) is 11.7 Å². The third-order valence-electron chi connectivity index (χ3n) is 1.69. The van der Waals surface area contributed by atoms with Crippen LogP contribution >= 0.6 is 0 Å². The first kappa shape index (κ1) is 5.47. The second-order valence-corrected chi connectivity index (χ2v) is 2.41. The van der Waals surface area contributed by atoms with Gasteiger partial charge in [-0.2, -0.15) is 5.10 Å². The van der Waals surface area contributed by atoms with Crippen molar-refractivity contribution in [2.45, 2.75) is 6.92 Å². The van der Waals surface area contributed by atoms with Crippen LogP contribution in [0.3, 0.4) is 0 Å². The van der Waals surface area contributed by atoms with E-state index in [-0.39, 0.29) is 1.43 Å². The summed E-state index contributed by atoms with van der Waals surface area (Å²) in [4.78, 5) is 0. The Balaban J connectivity index is 0.000000605. The minimum atomic E-state index is 0. The van der Waals surface area contributed by atoms with E-state index in [1.807, 2.05) is 18.3 Å². The molecule has 1 aromatic heterocycles. The lowest BCUT2D eigenvalue weighted by Gasteiger charge is -1.90. The smallest absolute Gasteiger partial charge is 0.0679 e. The van der Waals surface area contributed by atoms with Gasteiger partial charge in [0.15, 0.2) is 0 Å². The summed E-state index contributed by atoms with van der Waals surface area (Å²) in [7, 11) is 0. The van der Waals surface area contributed by atoms with Gasteiger partial charge in [0.25, 0.3) is 0 Å². The molecule has 0 atom stereocenters. The summed E-state index contributed by atoms with van der Waals surface area (Å²) in [5.74, 6) is 0. The topological polar surface area (TPSA) is 28.7 Å². The molecule has 0 aliphatic carbocycles. The highest BCUT2D eigenvalue weighted by atomic mass is 15.1. The van der Waals surface area contributed by atoms with Gasteiger partial charge in [-0.25, -0.2) is 0 Å². The Labute approximate surface area is 60.4 Å². The van der Waals surface area contributed by atoms with Gasteiger partial charge in [0.1, 0.15) is 0 Å². The fourth-order valence-corrected chi connectivity index (χ4v) is 1.12. The molecule has 0 saturated carbocycles. The zero-order chi connectivity index (χ0) is 6.97. The average molecular weight is 134 g/mol. The normalized spacial score (nSPS) is 10.5. The van der Waals surface area contributed by atoms with Crippen molar-refractivity contribution < 1.29 is 1.43 Å². The quantitative estimate of drug-likeness (QED) is 0.587. The maximum Gasteiger partial charge on any atom is 0.0679 e. The zero-order valence-corrected chi connectivity index (χ0v) is 5.76. The lowest BCUT2D eigenvalue weighted by molar-refractivity contribution is 1.11. The lowest BCUT2D eigenvalue weighted by Crippen LogP contribution is -1.73. The standard InChI is InChI=1S/C8H8N2.H2/c1-6-3-2-4-7-5-9-10-8(6)7;/h2-5H,1H3,(H,9,10);1H. The summed E-state index contributed by atoms with van der Waals surface area (Å²) in [6.45, 7) is 2.07. The molecule has 52 valence electrons. The number of hydrogen-bond acceptors (Lipinski definition) is 1. The first-order valence-corrected chi connectivity index (χ1v) is 3.26. The van der Waals surface area contributed by atoms with E-state index in [1.54, 1.807) is 0 Å². The second kappa shape index (κ2) is 1.84. The monoisotopic (exact) mass is 134 g/mol. The first-order chi connectivity index (χ1) is 4.88. The molecule has 0 radical (unpaired) electrons. The molecule has 10 heavy (non-hydrogen) atoms. The molecule has 2 aromatic rings. The maximum atomic E-state index is 3.94. The van der Waals surface area contributed by atoms with Crippen LogP contribution in [-0.4, -0.2) is 10.2 Å². The molecular weight excluding hydrogens is 124 g/mol. The summed E-state index contributed by atoms with van der Waals surface area (Å²) in [5.41, 5.74) is 2.39. The molecule has 1 heterocycles. The van der Waals surface area contributed by atoms with Gasteiger partial charge in [-0.05, 0) is 12.5 Å². The van der Waals surface area contributed by atoms with E-state index in [2.05, 4.69) is 23.2 Å². The molecule has 0 saturated heterocycles. The molecule has 0 bridgehead atoms. The van der Waals surface area contributed by atoms with Gasteiger partial charge in [-0.1, -0.05) is 18.2 Å². The Morgan fingerprint density at radius 3 is 3.20 bits per heavy atom. The summed E-state index contributed by atoms with van der Waals surface area (Å²) in [5, 5.41) is 8.06. The van der Waals surface area contributed by atoms with Crippen LogP contribution in [0.2, 0.25) is 0 Å². The number of H-pyrrole nitrogens is 1. The Hall–Kier alpha value is -1.31. The molecule has 1 aromatic carbocycles. The molecule has 0 spiro atoms. The third-order valence-corrected chi connectivity index (χ3v) is 1.69. The van der Waals surface area contributed by atoms with Crippen LogP contribution < -0.4 is 0 Å². The van der Waals surface area contributed by atoms with Gasteiger partial charge in [-0.15, -0.1) is 0 Å². The van der Waals surface area contributed by atoms with Gasteiger partial charge in [-0.3, -0.25) is 5.10 Å². The first-order valence-electron chi connectivity index (χ1n) is 3.26. The highest BCUT2D eigenvalue weighted by Crippen LogP contribution is 2.13. The number of hydrogen-bond donors (Lipinski definition) is 1. The fourth-order valence-electron chi connectivity index (χ4n) is 1.12. The molecule has 2 nitrogen and oxygen atoms in total. The van der Waals surface area contributed by atoms with Crippen molar-refractivity contribution in [3.8, 4) is 0 Å². The van der Waals surface area contributed by atoms with Crippen molar-refractivity contribution in [2.24, 2.45) is 0 Å². The average Bonchev–Trinajstić information content (AvgIpc) is 2.36. The summed E-state index contributed by atoms with van der Waals surface area (Å²) in [6, 6.07) is 6.15. The van der Waals surface area contributed by atoms with Gasteiger partial charge < -0.3 is 0 Å². The van der Waals surface area contributed by atoms with Crippen molar-refractivity contribution >= 4 is 10.9 Å². The molecule has 0 aliphatic heterocycles. The number of nitrogens with one attached hydrogen (secondary N) is 1. The van der Waals surface area contributed by atoms with Crippen LogP contribution in [0.15, 0.2) is 24.4 Å². The van der Waals surface area contributed by atoms with Gasteiger partial charge in [0.2, 0.25) is 0 Å². The van der Waals surface area contributed by atoms with Crippen molar-refractivity contribution in [3.63, 3.8) is 0 Å². The Kier molecular flexibility index (Phi) is 1.01. The maximum absolute atomic E-state index is 3.94. The van der Waals surface area contributed by atoms with Crippen molar-refractivity contribution in [1.29, 1.82) is 0 Å². The van der Waals surface area contributed by atoms with E-state index >= 15 is 0 Å². The van der Waals surface area contributed by atoms with Gasteiger partial charge in [0, 0.05) is 6.81 Å². The number of para-hydroxylation sites is 1. The predicted molar refractivity (Wildman–Crippen MR) is 42.9 cm³/mol. The minimum Gasteiger partial charge on any atom is -0.278 e. The Bertz CT molecular complexity index is 354. The fraction of sp³-hybridized carbons (Fsp3) is 0.125. The molecule has 0 fully saturated rings. The minimum absolute atomic E-state index is 0. The van der Waals surface area contributed by atoms with Crippen molar-refractivity contribution in [2.75, 3.05) is 0 Å². The van der Waals surface area contributed by atoms with E-state index in [0.29, 0.717) is 0 Å². The molecule has 0 amide bonds.